The topological polar surface area (TPSA) is 346 Å². The van der Waals surface area contributed by atoms with Gasteiger partial charge in [-0.15, -0.1) is 15.3 Å². The summed E-state index contributed by atoms with van der Waals surface area (Å²) in [6.07, 6.45) is 1.75. The number of benzene rings is 4. The van der Waals surface area contributed by atoms with Crippen molar-refractivity contribution in [3.8, 4) is 17.1 Å². The molecule has 0 amide bonds. The van der Waals surface area contributed by atoms with E-state index in [0.717, 1.165) is 18.2 Å². The van der Waals surface area contributed by atoms with E-state index in [1.165, 1.54) is 42.5 Å². The number of nitrogen functional groups attached to an aromatic ring is 1. The van der Waals surface area contributed by atoms with Crippen LogP contribution in [0.2, 0.25) is 0 Å². The van der Waals surface area contributed by atoms with Crippen molar-refractivity contribution < 1.29 is 67.1 Å². The van der Waals surface area contributed by atoms with Crippen LogP contribution >= 0.6 is 11.8 Å². The van der Waals surface area contributed by atoms with Crippen LogP contribution in [-0.2, 0) is 49.7 Å². The number of sulfone groups is 1. The van der Waals surface area contributed by atoms with Crippen molar-refractivity contribution in [1.82, 2.24) is 4.90 Å². The fourth-order valence-corrected chi connectivity index (χ4v) is 7.63. The predicted molar refractivity (Wildman–Crippen MR) is 192 cm³/mol. The maximum Gasteiger partial charge on any atom is 0.433 e. The molecule has 0 spiro atoms. The molecule has 0 saturated carbocycles. The Balaban J connectivity index is 0.00000784. The lowest BCUT2D eigenvalue weighted by molar-refractivity contribution is -0.135. The monoisotopic (exact) mass is 848 g/mol. The van der Waals surface area contributed by atoms with Gasteiger partial charge in [0.15, 0.2) is 21.7 Å². The van der Waals surface area contributed by atoms with Gasteiger partial charge >= 0.3 is 10.4 Å². The number of nitrogens with zero attached hydrogens (tertiary/aromatic N) is 5. The summed E-state index contributed by atoms with van der Waals surface area (Å²) in [5, 5.41) is 28.5. The van der Waals surface area contributed by atoms with Crippen LogP contribution in [0.5, 0.6) is 5.75 Å². The molecule has 4 rings (SSSR count). The zero-order valence-corrected chi connectivity index (χ0v) is 31.5. The summed E-state index contributed by atoms with van der Waals surface area (Å²) in [6.45, 7) is 0.240. The fraction of sp³-hybridized carbons (Fsp3) is 0.143. The summed E-state index contributed by atoms with van der Waals surface area (Å²) >= 11 is 0.579. The van der Waals surface area contributed by atoms with Crippen molar-refractivity contribution in [3.63, 3.8) is 0 Å². The van der Waals surface area contributed by atoms with Crippen LogP contribution in [0.4, 0.5) is 28.4 Å². The number of hydrogen-bond acceptors (Lipinski definition) is 18. The molecule has 0 aliphatic heterocycles. The van der Waals surface area contributed by atoms with Gasteiger partial charge in [0.05, 0.1) is 22.0 Å². The molecule has 290 valence electrons. The van der Waals surface area contributed by atoms with Crippen molar-refractivity contribution in [1.29, 1.82) is 0 Å². The summed E-state index contributed by atoms with van der Waals surface area (Å²) < 4.78 is 128. The van der Waals surface area contributed by atoms with Gasteiger partial charge in [0.2, 0.25) is 0 Å². The first kappa shape index (κ1) is 43.6. The molecule has 0 saturated heterocycles. The quantitative estimate of drug-likeness (QED) is 0.0243. The second-order valence-corrected chi connectivity index (χ2v) is 17.4. The van der Waals surface area contributed by atoms with Crippen LogP contribution in [0.1, 0.15) is 0 Å². The molecule has 21 nitrogen and oxygen atoms in total. The summed E-state index contributed by atoms with van der Waals surface area (Å²) in [7, 11) is -15.4. The van der Waals surface area contributed by atoms with Gasteiger partial charge in [-0.25, -0.2) is 8.42 Å². The Bertz CT molecular complexity index is 2660. The second kappa shape index (κ2) is 17.1. The van der Waals surface area contributed by atoms with Gasteiger partial charge in [-0.2, -0.15) is 30.4 Å². The number of nitrogens with two attached hydrogens (primary N) is 1. The number of anilines is 1. The SMILES string of the molecule is CN(C)CCS(=O)(=O)c1cccc(N=Nc2c(S(=O)(=O)O)cc3c(N=Nc4ccc(SC#COOS(=O)(=O)O)cc4S(=O)(=O)O)c(N)ccc3c2O)c1.O. The lowest BCUT2D eigenvalue weighted by Gasteiger charge is -2.12. The molecule has 0 radical (unpaired) electrons. The molecule has 0 aromatic heterocycles. The van der Waals surface area contributed by atoms with Crippen molar-refractivity contribution in [2.75, 3.05) is 32.1 Å². The highest BCUT2D eigenvalue weighted by molar-refractivity contribution is 8.04. The number of thioether (sulfide) groups is 1. The van der Waals surface area contributed by atoms with E-state index < -0.39 is 67.4 Å². The molecule has 0 heterocycles. The predicted octanol–water partition coefficient (Wildman–Crippen LogP) is 3.72. The van der Waals surface area contributed by atoms with E-state index in [0.29, 0.717) is 11.8 Å². The van der Waals surface area contributed by atoms with Crippen LogP contribution in [0.3, 0.4) is 0 Å². The normalized spacial score (nSPS) is 12.6. The van der Waals surface area contributed by atoms with E-state index in [2.05, 4.69) is 34.9 Å². The van der Waals surface area contributed by atoms with E-state index in [1.54, 1.807) is 25.1 Å². The van der Waals surface area contributed by atoms with Gasteiger partial charge in [0.25, 0.3) is 20.2 Å². The van der Waals surface area contributed by atoms with Gasteiger partial charge in [0, 0.05) is 27.5 Å². The maximum atomic E-state index is 12.8. The molecule has 0 bridgehead atoms. The molecule has 0 unspecified atom stereocenters. The Morgan fingerprint density at radius 3 is 2.09 bits per heavy atom. The first-order valence-electron chi connectivity index (χ1n) is 14.0. The number of rotatable bonds is 13. The van der Waals surface area contributed by atoms with Crippen LogP contribution in [0.25, 0.3) is 10.8 Å². The van der Waals surface area contributed by atoms with Gasteiger partial charge in [-0.05, 0) is 84.8 Å². The van der Waals surface area contributed by atoms with Crippen LogP contribution in [0.15, 0.2) is 101 Å². The number of phenolic OH excluding ortho intramolecular Hbond substituents is 1. The highest BCUT2D eigenvalue weighted by atomic mass is 32.3. The van der Waals surface area contributed by atoms with Crippen molar-refractivity contribution in [3.05, 3.63) is 60.7 Å². The zero-order chi connectivity index (χ0) is 39.4. The Labute approximate surface area is 312 Å². The molecule has 0 aliphatic rings. The van der Waals surface area contributed by atoms with E-state index >= 15 is 0 Å². The Kier molecular flexibility index (Phi) is 13.8. The highest BCUT2D eigenvalue weighted by Gasteiger charge is 2.25. The maximum absolute atomic E-state index is 12.8. The van der Waals surface area contributed by atoms with Gasteiger partial charge in [0.1, 0.15) is 26.9 Å². The van der Waals surface area contributed by atoms with Crippen molar-refractivity contribution in [2.45, 2.75) is 19.6 Å². The molecular formula is C28H28N6O15S5. The third-order valence-electron chi connectivity index (χ3n) is 6.60. The minimum absolute atomic E-state index is 0. The van der Waals surface area contributed by atoms with Crippen LogP contribution in [-0.4, -0.2) is 89.2 Å². The van der Waals surface area contributed by atoms with Crippen molar-refractivity contribution in [2.24, 2.45) is 20.5 Å². The van der Waals surface area contributed by atoms with Crippen LogP contribution < -0.4 is 5.73 Å². The number of azo groups is 2. The standard InChI is InChI=1S/C28H26N6O14S5.H2O/c1-34(2)10-13-50(36,37)19-5-3-4-17(14-19)30-33-27-25(52(41,42)43)16-21-20(28(27)35)7-8-22(29)26(21)32-31-23-9-6-18(15-24(23)51(38,39)40)49-12-11-47-48-53(44,45)46;/h3-9,14-16,35H,10,13,29H2,1-2H3,(H,38,39,40)(H,41,42,43)(H,44,45,46);1H2. The summed E-state index contributed by atoms with van der Waals surface area (Å²) in [6, 6.07) is 11.9. The lowest BCUT2D eigenvalue weighted by Crippen LogP contribution is -2.21. The van der Waals surface area contributed by atoms with Gasteiger partial charge in [-0.1, -0.05) is 6.07 Å². The van der Waals surface area contributed by atoms with E-state index in [1.807, 2.05) is 0 Å². The summed E-state index contributed by atoms with van der Waals surface area (Å²) in [5.74, 6) is -1.02. The average Bonchev–Trinajstić information content (AvgIpc) is 3.05. The number of hydrogen-bond donors (Lipinski definition) is 5. The Hall–Kier alpha value is -4.79. The molecule has 0 fully saturated rings. The summed E-state index contributed by atoms with van der Waals surface area (Å²) in [5.41, 5.74) is 4.38. The minimum atomic E-state index is -5.16. The molecule has 0 atom stereocenters. The molecule has 0 aliphatic carbocycles. The third kappa shape index (κ3) is 11.4. The minimum Gasteiger partial charge on any atom is -0.505 e. The van der Waals surface area contributed by atoms with E-state index in [9.17, 15) is 47.9 Å². The van der Waals surface area contributed by atoms with Crippen molar-refractivity contribution >= 4 is 91.4 Å². The Morgan fingerprint density at radius 2 is 1.46 bits per heavy atom. The lowest BCUT2D eigenvalue weighted by atomic mass is 10.1. The third-order valence-corrected chi connectivity index (χ3v) is 11.0. The first-order chi connectivity index (χ1) is 24.6. The Morgan fingerprint density at radius 1 is 0.796 bits per heavy atom. The second-order valence-electron chi connectivity index (χ2n) is 10.7. The van der Waals surface area contributed by atoms with E-state index in [4.69, 9.17) is 10.3 Å². The highest BCUT2D eigenvalue weighted by Crippen LogP contribution is 2.46. The number of phenols is 1. The fourth-order valence-electron chi connectivity index (χ4n) is 4.20. The van der Waals surface area contributed by atoms with E-state index in [-0.39, 0.29) is 55.4 Å². The molecule has 4 aromatic rings. The van der Waals surface area contributed by atoms with Crippen LogP contribution in [0, 0.1) is 11.4 Å². The first-order valence-corrected chi connectivity index (χ1v) is 20.8. The number of fused-ring (bicyclic) bond motifs is 1. The average molecular weight is 849 g/mol. The smallest absolute Gasteiger partial charge is 0.433 e. The zero-order valence-electron chi connectivity index (χ0n) is 27.4. The van der Waals surface area contributed by atoms with Gasteiger partial charge in [-0.3, -0.25) is 18.5 Å². The molecular weight excluding hydrogens is 821 g/mol. The molecule has 4 aromatic carbocycles. The summed E-state index contributed by atoms with van der Waals surface area (Å²) in [4.78, 5) is 3.85. The van der Waals surface area contributed by atoms with Gasteiger partial charge < -0.3 is 21.2 Å². The molecule has 54 heavy (non-hydrogen) atoms. The molecule has 26 heteroatoms. The molecule has 8 N–H and O–H groups in total. The largest absolute Gasteiger partial charge is 0.505 e. The number of aromatic hydroxyl groups is 1.